The first-order chi connectivity index (χ1) is 7.49. The molecule has 0 saturated carbocycles. The van der Waals surface area contributed by atoms with Crippen molar-refractivity contribution in [2.24, 2.45) is 0 Å². The van der Waals surface area contributed by atoms with Gasteiger partial charge < -0.3 is 15.7 Å². The van der Waals surface area contributed by atoms with Gasteiger partial charge in [0.05, 0.1) is 12.2 Å². The van der Waals surface area contributed by atoms with Gasteiger partial charge in [0, 0.05) is 10.5 Å². The molecule has 1 amide bonds. The van der Waals surface area contributed by atoms with Gasteiger partial charge >= 0.3 is 0 Å². The average molecular weight is 287 g/mol. The van der Waals surface area contributed by atoms with E-state index in [1.807, 2.05) is 13.8 Å². The molecule has 3 N–H and O–H groups in total. The minimum Gasteiger partial charge on any atom is -0.506 e. The number of benzene rings is 1. The molecule has 0 heterocycles. The van der Waals surface area contributed by atoms with E-state index in [9.17, 15) is 9.90 Å². The Labute approximate surface area is 103 Å². The largest absolute Gasteiger partial charge is 0.506 e. The molecule has 0 unspecified atom stereocenters. The average Bonchev–Trinajstić information content (AvgIpc) is 2.20. The molecule has 4 nitrogen and oxygen atoms in total. The van der Waals surface area contributed by atoms with Gasteiger partial charge in [0.25, 0.3) is 0 Å². The molecule has 0 saturated heterocycles. The molecule has 0 aliphatic heterocycles. The number of nitrogens with one attached hydrogen (secondary N) is 2. The summed E-state index contributed by atoms with van der Waals surface area (Å²) in [4.78, 5) is 11.5. The SMILES string of the molecule is CC(C)NCC(=O)Nc1cc(Br)ccc1O. The van der Waals surface area contributed by atoms with E-state index in [0.29, 0.717) is 5.69 Å². The summed E-state index contributed by atoms with van der Waals surface area (Å²) in [5.74, 6) is -0.122. The minimum atomic E-state index is -0.179. The molecule has 0 aromatic heterocycles. The number of anilines is 1. The number of carbonyl (C=O) groups is 1. The van der Waals surface area contributed by atoms with Crippen LogP contribution < -0.4 is 10.6 Å². The highest BCUT2D eigenvalue weighted by atomic mass is 79.9. The Morgan fingerprint density at radius 1 is 1.50 bits per heavy atom. The number of aromatic hydroxyl groups is 1. The van der Waals surface area contributed by atoms with E-state index in [1.54, 1.807) is 12.1 Å². The second-order valence-electron chi connectivity index (χ2n) is 3.75. The maximum atomic E-state index is 11.5. The minimum absolute atomic E-state index is 0.0566. The van der Waals surface area contributed by atoms with Gasteiger partial charge in [-0.1, -0.05) is 29.8 Å². The van der Waals surface area contributed by atoms with Gasteiger partial charge in [-0.2, -0.15) is 0 Å². The zero-order valence-electron chi connectivity index (χ0n) is 9.25. The molecule has 16 heavy (non-hydrogen) atoms. The van der Waals surface area contributed by atoms with Crippen molar-refractivity contribution in [1.82, 2.24) is 5.32 Å². The zero-order valence-corrected chi connectivity index (χ0v) is 10.8. The molecule has 88 valence electrons. The molecule has 0 atom stereocenters. The summed E-state index contributed by atoms with van der Waals surface area (Å²) in [5, 5.41) is 15.1. The molecular weight excluding hydrogens is 272 g/mol. The normalized spacial score (nSPS) is 10.5. The molecule has 0 aliphatic rings. The van der Waals surface area contributed by atoms with Crippen molar-refractivity contribution >= 4 is 27.5 Å². The number of hydrogen-bond acceptors (Lipinski definition) is 3. The highest BCUT2D eigenvalue weighted by molar-refractivity contribution is 9.10. The van der Waals surface area contributed by atoms with Crippen LogP contribution in [0.1, 0.15) is 13.8 Å². The van der Waals surface area contributed by atoms with Gasteiger partial charge in [0.2, 0.25) is 5.91 Å². The predicted molar refractivity (Wildman–Crippen MR) is 67.6 cm³/mol. The van der Waals surface area contributed by atoms with Crippen LogP contribution in [0.5, 0.6) is 5.75 Å². The first kappa shape index (κ1) is 13.0. The second-order valence-corrected chi connectivity index (χ2v) is 4.66. The maximum absolute atomic E-state index is 11.5. The third-order valence-corrected chi connectivity index (χ3v) is 2.40. The van der Waals surface area contributed by atoms with Crippen molar-refractivity contribution in [3.05, 3.63) is 22.7 Å². The van der Waals surface area contributed by atoms with Gasteiger partial charge in [-0.25, -0.2) is 0 Å². The Morgan fingerprint density at radius 2 is 2.19 bits per heavy atom. The van der Waals surface area contributed by atoms with Gasteiger partial charge in [-0.05, 0) is 18.2 Å². The van der Waals surface area contributed by atoms with E-state index in [-0.39, 0.29) is 24.2 Å². The van der Waals surface area contributed by atoms with Crippen LogP contribution in [0.2, 0.25) is 0 Å². The van der Waals surface area contributed by atoms with Crippen LogP contribution in [0, 0.1) is 0 Å². The summed E-state index contributed by atoms with van der Waals surface area (Å²) in [5.41, 5.74) is 0.407. The van der Waals surface area contributed by atoms with Crippen LogP contribution in [0.25, 0.3) is 0 Å². The fourth-order valence-electron chi connectivity index (χ4n) is 1.10. The molecular formula is C11H15BrN2O2. The van der Waals surface area contributed by atoms with E-state index in [2.05, 4.69) is 26.6 Å². The Morgan fingerprint density at radius 3 is 2.81 bits per heavy atom. The van der Waals surface area contributed by atoms with Crippen LogP contribution in [0.3, 0.4) is 0 Å². The lowest BCUT2D eigenvalue weighted by Crippen LogP contribution is -2.32. The summed E-state index contributed by atoms with van der Waals surface area (Å²) < 4.78 is 0.803. The van der Waals surface area contributed by atoms with E-state index < -0.39 is 0 Å². The first-order valence-electron chi connectivity index (χ1n) is 5.01. The topological polar surface area (TPSA) is 61.4 Å². The lowest BCUT2D eigenvalue weighted by atomic mass is 10.3. The number of amides is 1. The van der Waals surface area contributed by atoms with Crippen molar-refractivity contribution in [2.75, 3.05) is 11.9 Å². The summed E-state index contributed by atoms with van der Waals surface area (Å²) in [6.07, 6.45) is 0. The third-order valence-electron chi connectivity index (χ3n) is 1.90. The molecule has 0 fully saturated rings. The maximum Gasteiger partial charge on any atom is 0.238 e. The highest BCUT2D eigenvalue weighted by Crippen LogP contribution is 2.26. The second kappa shape index (κ2) is 5.86. The molecule has 0 spiro atoms. The van der Waals surface area contributed by atoms with Crippen molar-refractivity contribution in [1.29, 1.82) is 0 Å². The van der Waals surface area contributed by atoms with Crippen LogP contribution in [0.15, 0.2) is 22.7 Å². The number of carbonyl (C=O) groups excluding carboxylic acids is 1. The number of rotatable bonds is 4. The number of hydrogen-bond donors (Lipinski definition) is 3. The summed E-state index contributed by atoms with van der Waals surface area (Å²) >= 11 is 3.27. The Bertz CT molecular complexity index is 380. The highest BCUT2D eigenvalue weighted by Gasteiger charge is 2.07. The summed E-state index contributed by atoms with van der Waals surface area (Å²) in [6.45, 7) is 4.15. The van der Waals surface area contributed by atoms with Gasteiger partial charge in [-0.3, -0.25) is 4.79 Å². The first-order valence-corrected chi connectivity index (χ1v) is 5.80. The molecule has 5 heteroatoms. The van der Waals surface area contributed by atoms with E-state index >= 15 is 0 Å². The Hall–Kier alpha value is -1.07. The van der Waals surface area contributed by atoms with Crippen LogP contribution in [0.4, 0.5) is 5.69 Å². The molecule has 0 radical (unpaired) electrons. The Kier molecular flexibility index (Phi) is 4.76. The van der Waals surface area contributed by atoms with Gasteiger partial charge in [-0.15, -0.1) is 0 Å². The molecule has 1 aromatic rings. The van der Waals surface area contributed by atoms with E-state index in [4.69, 9.17) is 0 Å². The predicted octanol–water partition coefficient (Wildman–Crippen LogP) is 2.09. The number of halogens is 1. The van der Waals surface area contributed by atoms with Crippen LogP contribution >= 0.6 is 15.9 Å². The summed E-state index contributed by atoms with van der Waals surface area (Å²) in [7, 11) is 0. The van der Waals surface area contributed by atoms with E-state index in [0.717, 1.165) is 4.47 Å². The van der Waals surface area contributed by atoms with E-state index in [1.165, 1.54) is 6.07 Å². The smallest absolute Gasteiger partial charge is 0.238 e. The standard InChI is InChI=1S/C11H15BrN2O2/c1-7(2)13-6-11(16)14-9-5-8(12)3-4-10(9)15/h3-5,7,13,15H,6H2,1-2H3,(H,14,16). The lowest BCUT2D eigenvalue weighted by Gasteiger charge is -2.10. The number of phenols is 1. The van der Waals surface area contributed by atoms with Gasteiger partial charge in [0.1, 0.15) is 5.75 Å². The van der Waals surface area contributed by atoms with Crippen molar-refractivity contribution in [3.63, 3.8) is 0 Å². The van der Waals surface area contributed by atoms with Crippen molar-refractivity contribution in [3.8, 4) is 5.75 Å². The lowest BCUT2D eigenvalue weighted by molar-refractivity contribution is -0.115. The fraction of sp³-hybridized carbons (Fsp3) is 0.364. The summed E-state index contributed by atoms with van der Waals surface area (Å²) in [6, 6.07) is 5.14. The molecule has 0 aliphatic carbocycles. The monoisotopic (exact) mass is 286 g/mol. The van der Waals surface area contributed by atoms with Crippen molar-refractivity contribution in [2.45, 2.75) is 19.9 Å². The molecule has 0 bridgehead atoms. The fourth-order valence-corrected chi connectivity index (χ4v) is 1.46. The third kappa shape index (κ3) is 4.20. The van der Waals surface area contributed by atoms with Crippen LogP contribution in [-0.4, -0.2) is 23.6 Å². The molecule has 1 aromatic carbocycles. The Balaban J connectivity index is 2.59. The number of phenolic OH excluding ortho intramolecular Hbond substituents is 1. The van der Waals surface area contributed by atoms with Crippen LogP contribution in [-0.2, 0) is 4.79 Å². The zero-order chi connectivity index (χ0) is 12.1. The quantitative estimate of drug-likeness (QED) is 0.743. The molecule has 1 rings (SSSR count). The van der Waals surface area contributed by atoms with Gasteiger partial charge in [0.15, 0.2) is 0 Å². The van der Waals surface area contributed by atoms with Crippen molar-refractivity contribution < 1.29 is 9.90 Å².